The van der Waals surface area contributed by atoms with Gasteiger partial charge in [-0.25, -0.2) is 0 Å². The molecule has 5 heteroatoms. The summed E-state index contributed by atoms with van der Waals surface area (Å²) in [7, 11) is 0. The lowest BCUT2D eigenvalue weighted by Gasteiger charge is -2.23. The van der Waals surface area contributed by atoms with Crippen molar-refractivity contribution in [3.8, 4) is 0 Å². The van der Waals surface area contributed by atoms with E-state index in [2.05, 4.69) is 16.4 Å². The molecule has 0 aromatic carbocycles. The summed E-state index contributed by atoms with van der Waals surface area (Å²) in [5.74, 6) is -1.84. The molecule has 0 fully saturated rings. The summed E-state index contributed by atoms with van der Waals surface area (Å²) in [5, 5.41) is 0. The summed E-state index contributed by atoms with van der Waals surface area (Å²) in [6.45, 7) is 5.24. The van der Waals surface area contributed by atoms with Gasteiger partial charge in [-0.2, -0.15) is 0 Å². The van der Waals surface area contributed by atoms with E-state index in [0.717, 1.165) is 0 Å². The molecule has 0 spiro atoms. The third-order valence-corrected chi connectivity index (χ3v) is 0.820. The molecule has 0 unspecified atom stereocenters. The molecule has 0 aromatic heterocycles. The van der Waals surface area contributed by atoms with Crippen molar-refractivity contribution in [1.29, 1.82) is 0 Å². The van der Waals surface area contributed by atoms with Gasteiger partial charge in [0.05, 0.1) is 13.5 Å². The van der Waals surface area contributed by atoms with Gasteiger partial charge in [0.2, 0.25) is 0 Å². The fourth-order valence-corrected chi connectivity index (χ4v) is 0.462. The highest BCUT2D eigenvalue weighted by atomic mass is 16.9. The Labute approximate surface area is 64.2 Å². The lowest BCUT2D eigenvalue weighted by molar-refractivity contribution is -0.306. The maximum atomic E-state index is 9.83. The largest absolute Gasteiger partial charge is 0.400 e. The van der Waals surface area contributed by atoms with Crippen molar-refractivity contribution in [3.05, 3.63) is 6.92 Å². The number of carbonyl (C=O) groups is 2. The zero-order valence-corrected chi connectivity index (χ0v) is 6.11. The summed E-state index contributed by atoms with van der Waals surface area (Å²) in [6, 6.07) is 0. The Balaban J connectivity index is 3.98. The van der Waals surface area contributed by atoms with E-state index in [0.29, 0.717) is 0 Å². The van der Waals surface area contributed by atoms with Crippen molar-refractivity contribution in [1.82, 2.24) is 0 Å². The summed E-state index contributed by atoms with van der Waals surface area (Å²) < 4.78 is 13.2. The standard InChI is InChI=1S/C6H9O5/c1-3-9-6(2,10-4-7)11-5-8/h4-5H,2-3H2,1H3. The molecule has 5 nitrogen and oxygen atoms in total. The van der Waals surface area contributed by atoms with Gasteiger partial charge in [0, 0.05) is 0 Å². The van der Waals surface area contributed by atoms with Crippen LogP contribution in [0, 0.1) is 6.92 Å². The van der Waals surface area contributed by atoms with Crippen LogP contribution in [0.25, 0.3) is 0 Å². The van der Waals surface area contributed by atoms with Gasteiger partial charge in [0.15, 0.2) is 0 Å². The highest BCUT2D eigenvalue weighted by Gasteiger charge is 2.28. The van der Waals surface area contributed by atoms with Crippen LogP contribution in [0.4, 0.5) is 0 Å². The number of carbonyl (C=O) groups excluding carboxylic acids is 2. The van der Waals surface area contributed by atoms with E-state index in [4.69, 9.17) is 4.74 Å². The van der Waals surface area contributed by atoms with Crippen LogP contribution in [0.1, 0.15) is 6.92 Å². The van der Waals surface area contributed by atoms with Crippen LogP contribution in [0.5, 0.6) is 0 Å². The maximum Gasteiger partial charge on any atom is 0.375 e. The molecule has 0 rings (SSSR count). The van der Waals surface area contributed by atoms with E-state index in [1.807, 2.05) is 0 Å². The Bertz CT molecular complexity index is 123. The van der Waals surface area contributed by atoms with E-state index in [-0.39, 0.29) is 19.6 Å². The second kappa shape index (κ2) is 4.68. The van der Waals surface area contributed by atoms with Crippen molar-refractivity contribution in [2.75, 3.05) is 6.61 Å². The van der Waals surface area contributed by atoms with Crippen LogP contribution in [-0.2, 0) is 23.8 Å². The Hall–Kier alpha value is -1.10. The monoisotopic (exact) mass is 161 g/mol. The third kappa shape index (κ3) is 3.57. The summed E-state index contributed by atoms with van der Waals surface area (Å²) in [4.78, 5) is 19.7. The number of hydrogen-bond donors (Lipinski definition) is 0. The van der Waals surface area contributed by atoms with Gasteiger partial charge in [0.1, 0.15) is 0 Å². The van der Waals surface area contributed by atoms with E-state index in [1.165, 1.54) is 0 Å². The zero-order valence-electron chi connectivity index (χ0n) is 6.11. The Morgan fingerprint density at radius 1 is 1.36 bits per heavy atom. The van der Waals surface area contributed by atoms with Crippen LogP contribution in [0.2, 0.25) is 0 Å². The first-order valence-corrected chi connectivity index (χ1v) is 2.90. The number of hydrogen-bond acceptors (Lipinski definition) is 5. The summed E-state index contributed by atoms with van der Waals surface area (Å²) >= 11 is 0. The molecular weight excluding hydrogens is 152 g/mol. The van der Waals surface area contributed by atoms with Gasteiger partial charge >= 0.3 is 5.97 Å². The molecule has 0 aliphatic carbocycles. The molecule has 63 valence electrons. The van der Waals surface area contributed by atoms with Crippen molar-refractivity contribution in [2.24, 2.45) is 0 Å². The highest BCUT2D eigenvalue weighted by molar-refractivity contribution is 5.41. The van der Waals surface area contributed by atoms with E-state index < -0.39 is 5.97 Å². The Morgan fingerprint density at radius 3 is 2.09 bits per heavy atom. The van der Waals surface area contributed by atoms with Crippen molar-refractivity contribution < 1.29 is 23.8 Å². The van der Waals surface area contributed by atoms with Crippen LogP contribution >= 0.6 is 0 Å². The highest BCUT2D eigenvalue weighted by Crippen LogP contribution is 2.10. The SMILES string of the molecule is [CH2]C(OC=O)(OC=O)OCC. The average molecular weight is 161 g/mol. The number of ether oxygens (including phenoxy) is 3. The van der Waals surface area contributed by atoms with Gasteiger partial charge in [-0.3, -0.25) is 9.59 Å². The van der Waals surface area contributed by atoms with Gasteiger partial charge < -0.3 is 14.2 Å². The fraction of sp³-hybridized carbons (Fsp3) is 0.500. The van der Waals surface area contributed by atoms with Crippen molar-refractivity contribution >= 4 is 12.9 Å². The first-order valence-electron chi connectivity index (χ1n) is 2.90. The second-order valence-corrected chi connectivity index (χ2v) is 1.54. The maximum absolute atomic E-state index is 9.83. The average Bonchev–Trinajstić information content (AvgIpc) is 1.88. The predicted octanol–water partition coefficient (Wildman–Crippen LogP) is -0.143. The van der Waals surface area contributed by atoms with Crippen LogP contribution in [0.15, 0.2) is 0 Å². The first kappa shape index (κ1) is 9.90. The molecule has 0 aliphatic rings. The Morgan fingerprint density at radius 2 is 1.82 bits per heavy atom. The quantitative estimate of drug-likeness (QED) is 0.400. The minimum atomic E-state index is -1.84. The normalized spacial score (nSPS) is 10.4. The molecule has 0 bridgehead atoms. The van der Waals surface area contributed by atoms with E-state index in [9.17, 15) is 9.59 Å². The molecule has 0 aromatic rings. The molecule has 0 heterocycles. The molecule has 11 heavy (non-hydrogen) atoms. The molecule has 0 atom stereocenters. The van der Waals surface area contributed by atoms with Crippen LogP contribution in [0.3, 0.4) is 0 Å². The van der Waals surface area contributed by atoms with Gasteiger partial charge in [-0.15, -0.1) is 0 Å². The zero-order chi connectivity index (χ0) is 8.74. The first-order chi connectivity index (χ1) is 5.18. The summed E-state index contributed by atoms with van der Waals surface area (Å²) in [5.41, 5.74) is 0. The van der Waals surface area contributed by atoms with Crippen molar-refractivity contribution in [3.63, 3.8) is 0 Å². The number of rotatable bonds is 6. The van der Waals surface area contributed by atoms with Crippen molar-refractivity contribution in [2.45, 2.75) is 12.9 Å². The Kier molecular flexibility index (Phi) is 4.21. The van der Waals surface area contributed by atoms with Crippen LogP contribution in [-0.4, -0.2) is 25.5 Å². The third-order valence-electron chi connectivity index (χ3n) is 0.820. The molecule has 0 aliphatic heterocycles. The smallest absolute Gasteiger partial charge is 0.375 e. The molecular formula is C6H9O5. The lowest BCUT2D eigenvalue weighted by atomic mass is 10.6. The minimum Gasteiger partial charge on any atom is -0.400 e. The van der Waals surface area contributed by atoms with E-state index in [1.54, 1.807) is 6.92 Å². The van der Waals surface area contributed by atoms with Gasteiger partial charge in [-0.1, -0.05) is 0 Å². The lowest BCUT2D eigenvalue weighted by Crippen LogP contribution is -2.35. The fourth-order valence-electron chi connectivity index (χ4n) is 0.462. The second-order valence-electron chi connectivity index (χ2n) is 1.54. The minimum absolute atomic E-state index is 0.0894. The topological polar surface area (TPSA) is 61.8 Å². The molecule has 0 saturated heterocycles. The summed E-state index contributed by atoms with van der Waals surface area (Å²) in [6.07, 6.45) is 0. The van der Waals surface area contributed by atoms with Gasteiger partial charge in [0.25, 0.3) is 12.9 Å². The van der Waals surface area contributed by atoms with Crippen LogP contribution < -0.4 is 0 Å². The van der Waals surface area contributed by atoms with Gasteiger partial charge in [-0.05, 0) is 6.92 Å². The molecule has 0 N–H and O–H groups in total. The molecule has 0 saturated carbocycles. The molecule has 1 radical (unpaired) electrons. The predicted molar refractivity (Wildman–Crippen MR) is 34.0 cm³/mol. The molecule has 0 amide bonds. The van der Waals surface area contributed by atoms with E-state index >= 15 is 0 Å².